The topological polar surface area (TPSA) is 77.0 Å². The van der Waals surface area contributed by atoms with Gasteiger partial charge in [0.15, 0.2) is 11.6 Å². The van der Waals surface area contributed by atoms with Crippen molar-refractivity contribution in [2.24, 2.45) is 0 Å². The van der Waals surface area contributed by atoms with E-state index in [1.54, 1.807) is 6.07 Å². The smallest absolute Gasteiger partial charge is 0.319 e. The average molecular weight is 489 g/mol. The minimum Gasteiger partial charge on any atom is -0.337 e. The summed E-state index contributed by atoms with van der Waals surface area (Å²) in [6, 6.07) is 21.2. The molecule has 0 saturated heterocycles. The van der Waals surface area contributed by atoms with Crippen LogP contribution < -0.4 is 16.0 Å². The van der Waals surface area contributed by atoms with Crippen LogP contribution in [0.4, 0.5) is 19.3 Å². The highest BCUT2D eigenvalue weighted by molar-refractivity contribution is 5.89. The lowest BCUT2D eigenvalue weighted by atomic mass is 9.93. The summed E-state index contributed by atoms with van der Waals surface area (Å²) in [4.78, 5) is 12.4. The van der Waals surface area contributed by atoms with Crippen molar-refractivity contribution in [1.82, 2.24) is 10.6 Å². The first kappa shape index (κ1) is 25.3. The molecule has 1 unspecified atom stereocenters. The first-order valence-corrected chi connectivity index (χ1v) is 12.4. The van der Waals surface area contributed by atoms with E-state index in [1.165, 1.54) is 31.7 Å². The minimum absolute atomic E-state index is 0.0640. The van der Waals surface area contributed by atoms with Gasteiger partial charge in [-0.05, 0) is 66.8 Å². The molecule has 0 heterocycles. The average Bonchev–Trinajstić information content (AvgIpc) is 3.42. The molecule has 0 bridgehead atoms. The molecular formula is C29H30F2N4O. The number of nitrogens with zero attached hydrogens (tertiary/aromatic N) is 1. The lowest BCUT2D eigenvalue weighted by Crippen LogP contribution is -2.34. The molecular weight excluding hydrogens is 458 g/mol. The molecule has 1 fully saturated rings. The molecule has 0 radical (unpaired) electrons. The Labute approximate surface area is 210 Å². The van der Waals surface area contributed by atoms with Crippen molar-refractivity contribution < 1.29 is 13.6 Å². The highest BCUT2D eigenvalue weighted by Gasteiger charge is 2.17. The maximum absolute atomic E-state index is 13.5. The summed E-state index contributed by atoms with van der Waals surface area (Å²) in [6.07, 6.45) is 5.78. The largest absolute Gasteiger partial charge is 0.337 e. The molecule has 186 valence electrons. The summed E-state index contributed by atoms with van der Waals surface area (Å²) >= 11 is 0. The molecule has 3 aromatic rings. The van der Waals surface area contributed by atoms with Gasteiger partial charge in [0.2, 0.25) is 0 Å². The molecule has 0 spiro atoms. The first-order valence-electron chi connectivity index (χ1n) is 12.4. The molecule has 5 nitrogen and oxygen atoms in total. The van der Waals surface area contributed by atoms with Gasteiger partial charge in [0.1, 0.15) is 0 Å². The molecule has 7 heteroatoms. The predicted octanol–water partition coefficient (Wildman–Crippen LogP) is 6.33. The van der Waals surface area contributed by atoms with E-state index in [9.17, 15) is 18.8 Å². The zero-order valence-electron chi connectivity index (χ0n) is 20.1. The number of hydrogen-bond acceptors (Lipinski definition) is 3. The molecule has 1 aliphatic rings. The number of nitrogens with one attached hydrogen (secondary N) is 3. The fourth-order valence-corrected chi connectivity index (χ4v) is 4.66. The number of rotatable bonds is 9. The van der Waals surface area contributed by atoms with E-state index in [2.05, 4.69) is 34.2 Å². The summed E-state index contributed by atoms with van der Waals surface area (Å²) in [7, 11) is 0. The first-order chi connectivity index (χ1) is 17.5. The van der Waals surface area contributed by atoms with Gasteiger partial charge in [-0.15, -0.1) is 0 Å². The van der Waals surface area contributed by atoms with Crippen molar-refractivity contribution in [1.29, 1.82) is 5.26 Å². The summed E-state index contributed by atoms with van der Waals surface area (Å²) in [5.41, 5.74) is 3.89. The second-order valence-corrected chi connectivity index (χ2v) is 9.20. The van der Waals surface area contributed by atoms with Crippen molar-refractivity contribution in [3.63, 3.8) is 0 Å². The van der Waals surface area contributed by atoms with Crippen LogP contribution in [0.3, 0.4) is 0 Å². The highest BCUT2D eigenvalue weighted by atomic mass is 19.2. The molecule has 1 saturated carbocycles. The molecule has 0 aromatic heterocycles. The Kier molecular flexibility index (Phi) is 8.64. The molecule has 3 N–H and O–H groups in total. The van der Waals surface area contributed by atoms with Crippen molar-refractivity contribution in [3.8, 4) is 17.2 Å². The van der Waals surface area contributed by atoms with Crippen LogP contribution in [0.2, 0.25) is 0 Å². The Balaban J connectivity index is 1.42. The number of amides is 2. The van der Waals surface area contributed by atoms with Crippen molar-refractivity contribution in [2.75, 3.05) is 18.4 Å². The van der Waals surface area contributed by atoms with Gasteiger partial charge in [0, 0.05) is 30.3 Å². The predicted molar refractivity (Wildman–Crippen MR) is 138 cm³/mol. The van der Waals surface area contributed by atoms with Crippen LogP contribution >= 0.6 is 0 Å². The van der Waals surface area contributed by atoms with Gasteiger partial charge >= 0.3 is 6.03 Å². The Morgan fingerprint density at radius 3 is 2.47 bits per heavy atom. The number of halogens is 2. The van der Waals surface area contributed by atoms with Gasteiger partial charge < -0.3 is 16.0 Å². The number of urea groups is 1. The van der Waals surface area contributed by atoms with Crippen LogP contribution in [-0.4, -0.2) is 25.2 Å². The lowest BCUT2D eigenvalue weighted by molar-refractivity contribution is 0.251. The van der Waals surface area contributed by atoms with Gasteiger partial charge in [-0.25, -0.2) is 13.6 Å². The monoisotopic (exact) mass is 488 g/mol. The number of hydrogen-bond donors (Lipinski definition) is 3. The van der Waals surface area contributed by atoms with E-state index >= 15 is 0 Å². The Hall–Kier alpha value is -3.76. The van der Waals surface area contributed by atoms with E-state index in [0.29, 0.717) is 18.2 Å². The molecule has 36 heavy (non-hydrogen) atoms. The third-order valence-corrected chi connectivity index (χ3v) is 6.67. The van der Waals surface area contributed by atoms with Gasteiger partial charge in [-0.1, -0.05) is 49.2 Å². The van der Waals surface area contributed by atoms with Crippen molar-refractivity contribution in [3.05, 3.63) is 89.5 Å². The van der Waals surface area contributed by atoms with E-state index in [1.807, 2.05) is 30.3 Å². The van der Waals surface area contributed by atoms with Crippen molar-refractivity contribution in [2.45, 2.75) is 44.1 Å². The van der Waals surface area contributed by atoms with Crippen LogP contribution in [0.5, 0.6) is 0 Å². The number of benzene rings is 3. The Morgan fingerprint density at radius 1 is 0.972 bits per heavy atom. The third-order valence-electron chi connectivity index (χ3n) is 6.67. The molecule has 1 aliphatic carbocycles. The van der Waals surface area contributed by atoms with Crippen LogP contribution in [0.25, 0.3) is 11.1 Å². The number of nitriles is 1. The van der Waals surface area contributed by atoms with Gasteiger partial charge in [0.05, 0.1) is 11.6 Å². The molecule has 0 aliphatic heterocycles. The van der Waals surface area contributed by atoms with Crippen LogP contribution in [-0.2, 0) is 0 Å². The second kappa shape index (κ2) is 12.3. The van der Waals surface area contributed by atoms with Crippen LogP contribution in [0.15, 0.2) is 66.7 Å². The third kappa shape index (κ3) is 6.89. The number of carbonyl (C=O) groups is 1. The fourth-order valence-electron chi connectivity index (χ4n) is 4.66. The standard InChI is InChI=1S/C29H30F2N4O/c30-27-13-12-26(17-28(27)31)35-29(36)34-19-24(14-15-33-25-6-1-2-7-25)22-10-8-21(9-11-22)23-5-3-4-20(16-23)18-32/h3-5,8-13,16-17,24-25,33H,1-2,6-7,14-15,19H2,(H2,34,35,36). The molecule has 3 aromatic carbocycles. The highest BCUT2D eigenvalue weighted by Crippen LogP contribution is 2.26. The van der Waals surface area contributed by atoms with Crippen LogP contribution in [0.1, 0.15) is 49.1 Å². The maximum Gasteiger partial charge on any atom is 0.319 e. The summed E-state index contributed by atoms with van der Waals surface area (Å²) in [5, 5.41) is 18.2. The molecule has 2 amide bonds. The van der Waals surface area contributed by atoms with Crippen LogP contribution in [0, 0.1) is 23.0 Å². The quantitative estimate of drug-likeness (QED) is 0.329. The maximum atomic E-state index is 13.5. The molecule has 4 rings (SSSR count). The number of anilines is 1. The van der Waals surface area contributed by atoms with E-state index < -0.39 is 17.7 Å². The fraction of sp³-hybridized carbons (Fsp3) is 0.310. The zero-order valence-corrected chi connectivity index (χ0v) is 20.1. The Bertz CT molecular complexity index is 1220. The minimum atomic E-state index is -1.01. The van der Waals surface area contributed by atoms with E-state index in [-0.39, 0.29) is 11.6 Å². The number of carbonyl (C=O) groups excluding carboxylic acids is 1. The van der Waals surface area contributed by atoms with Gasteiger partial charge in [-0.3, -0.25) is 0 Å². The van der Waals surface area contributed by atoms with E-state index in [4.69, 9.17) is 0 Å². The zero-order chi connectivity index (χ0) is 25.3. The Morgan fingerprint density at radius 2 is 1.75 bits per heavy atom. The summed E-state index contributed by atoms with van der Waals surface area (Å²) < 4.78 is 26.6. The SMILES string of the molecule is N#Cc1cccc(-c2ccc(C(CCNC3CCCC3)CNC(=O)Nc3ccc(F)c(F)c3)cc2)c1. The molecule has 1 atom stereocenters. The lowest BCUT2D eigenvalue weighted by Gasteiger charge is -2.21. The van der Waals surface area contributed by atoms with Gasteiger partial charge in [-0.2, -0.15) is 5.26 Å². The van der Waals surface area contributed by atoms with Crippen molar-refractivity contribution >= 4 is 11.7 Å². The van der Waals surface area contributed by atoms with Gasteiger partial charge in [0.25, 0.3) is 0 Å². The van der Waals surface area contributed by atoms with E-state index in [0.717, 1.165) is 41.8 Å². The second-order valence-electron chi connectivity index (χ2n) is 9.20. The summed E-state index contributed by atoms with van der Waals surface area (Å²) in [5.74, 6) is -1.91. The summed E-state index contributed by atoms with van der Waals surface area (Å²) in [6.45, 7) is 1.24. The normalized spacial score (nSPS) is 14.2.